The summed E-state index contributed by atoms with van der Waals surface area (Å²) in [7, 11) is 3.74. The summed E-state index contributed by atoms with van der Waals surface area (Å²) in [6, 6.07) is 3.60. The predicted octanol–water partition coefficient (Wildman–Crippen LogP) is 2.73. The third-order valence-electron chi connectivity index (χ3n) is 2.62. The van der Waals surface area contributed by atoms with Crippen LogP contribution in [0.2, 0.25) is 0 Å². The molecular weight excluding hydrogens is 243 g/mol. The number of anilines is 1. The van der Waals surface area contributed by atoms with E-state index in [1.165, 1.54) is 0 Å². The van der Waals surface area contributed by atoms with Gasteiger partial charge >= 0.3 is 0 Å². The Kier molecular flexibility index (Phi) is 5.34. The van der Waals surface area contributed by atoms with Gasteiger partial charge in [0.05, 0.1) is 12.1 Å². The van der Waals surface area contributed by atoms with Crippen molar-refractivity contribution in [1.82, 2.24) is 9.88 Å². The SMILES string of the molecule is C=C(/C=C\C)c1cc(C#N)c(N(F)CCN(C)C)[nH]1. The largest absolute Gasteiger partial charge is 0.338 e. The van der Waals surface area contributed by atoms with Gasteiger partial charge in [-0.2, -0.15) is 10.4 Å². The minimum Gasteiger partial charge on any atom is -0.338 e. The van der Waals surface area contributed by atoms with Gasteiger partial charge in [-0.05, 0) is 32.7 Å². The number of allylic oxidation sites excluding steroid dienone is 3. The first-order chi connectivity index (χ1) is 8.99. The Labute approximate surface area is 113 Å². The van der Waals surface area contributed by atoms with Crippen LogP contribution >= 0.6 is 0 Å². The van der Waals surface area contributed by atoms with Gasteiger partial charge in [-0.15, -0.1) is 0 Å². The molecule has 0 fully saturated rings. The van der Waals surface area contributed by atoms with E-state index in [1.54, 1.807) is 12.1 Å². The maximum absolute atomic E-state index is 14.0. The fourth-order valence-corrected chi connectivity index (χ4v) is 1.58. The van der Waals surface area contributed by atoms with Crippen molar-refractivity contribution in [3.05, 3.63) is 36.1 Å². The summed E-state index contributed by atoms with van der Waals surface area (Å²) in [4.78, 5) is 4.78. The number of halogens is 1. The molecule has 0 saturated heterocycles. The number of nitriles is 1. The van der Waals surface area contributed by atoms with Crippen molar-refractivity contribution in [2.45, 2.75) is 6.92 Å². The Morgan fingerprint density at radius 2 is 2.21 bits per heavy atom. The number of aromatic amines is 1. The maximum Gasteiger partial charge on any atom is 0.154 e. The Balaban J connectivity index is 2.94. The van der Waals surface area contributed by atoms with Crippen molar-refractivity contribution in [1.29, 1.82) is 5.26 Å². The average molecular weight is 262 g/mol. The molecule has 0 spiro atoms. The zero-order valence-corrected chi connectivity index (χ0v) is 11.6. The number of rotatable bonds is 6. The molecular formula is C14H19FN4. The lowest BCUT2D eigenvalue weighted by atomic mass is 10.2. The minimum atomic E-state index is 0.185. The van der Waals surface area contributed by atoms with E-state index < -0.39 is 0 Å². The molecule has 102 valence electrons. The van der Waals surface area contributed by atoms with Gasteiger partial charge in [-0.1, -0.05) is 23.2 Å². The summed E-state index contributed by atoms with van der Waals surface area (Å²) < 4.78 is 14.0. The summed E-state index contributed by atoms with van der Waals surface area (Å²) >= 11 is 0. The lowest BCUT2D eigenvalue weighted by molar-refractivity contribution is 0.356. The van der Waals surface area contributed by atoms with Crippen LogP contribution in [0.15, 0.2) is 24.8 Å². The molecule has 0 amide bonds. The monoisotopic (exact) mass is 262 g/mol. The molecule has 0 unspecified atom stereocenters. The van der Waals surface area contributed by atoms with E-state index in [2.05, 4.69) is 11.6 Å². The molecule has 0 radical (unpaired) electrons. The highest BCUT2D eigenvalue weighted by Crippen LogP contribution is 2.24. The third kappa shape index (κ3) is 3.97. The lowest BCUT2D eigenvalue weighted by Gasteiger charge is -2.15. The zero-order valence-electron chi connectivity index (χ0n) is 11.6. The highest BCUT2D eigenvalue weighted by atomic mass is 19.2. The van der Waals surface area contributed by atoms with E-state index in [-0.39, 0.29) is 17.9 Å². The molecule has 1 N–H and O–H groups in total. The van der Waals surface area contributed by atoms with Gasteiger partial charge in [0, 0.05) is 12.2 Å². The first-order valence-corrected chi connectivity index (χ1v) is 6.02. The number of H-pyrrole nitrogens is 1. The summed E-state index contributed by atoms with van der Waals surface area (Å²) in [6.07, 6.45) is 3.65. The van der Waals surface area contributed by atoms with Gasteiger partial charge in [0.15, 0.2) is 5.82 Å². The van der Waals surface area contributed by atoms with Gasteiger partial charge in [-0.25, -0.2) is 0 Å². The van der Waals surface area contributed by atoms with Crippen LogP contribution in [0.5, 0.6) is 0 Å². The van der Waals surface area contributed by atoms with Crippen LogP contribution in [0.1, 0.15) is 18.2 Å². The lowest BCUT2D eigenvalue weighted by Crippen LogP contribution is -2.26. The van der Waals surface area contributed by atoms with Crippen LogP contribution in [0.4, 0.5) is 10.3 Å². The Morgan fingerprint density at radius 3 is 2.74 bits per heavy atom. The summed E-state index contributed by atoms with van der Waals surface area (Å²) in [5.41, 5.74) is 1.64. The molecule has 0 bridgehead atoms. The molecule has 1 heterocycles. The van der Waals surface area contributed by atoms with Gasteiger partial charge in [0.2, 0.25) is 0 Å². The van der Waals surface area contributed by atoms with Crippen molar-refractivity contribution >= 4 is 11.4 Å². The number of nitrogens with zero attached hydrogens (tertiary/aromatic N) is 3. The fraction of sp³-hybridized carbons (Fsp3) is 0.357. The van der Waals surface area contributed by atoms with Gasteiger partial charge in [0.25, 0.3) is 0 Å². The first-order valence-electron chi connectivity index (χ1n) is 6.02. The van der Waals surface area contributed by atoms with E-state index in [1.807, 2.05) is 38.1 Å². The number of hydrogen-bond acceptors (Lipinski definition) is 3. The highest BCUT2D eigenvalue weighted by Gasteiger charge is 2.15. The molecule has 0 aliphatic carbocycles. The Hall–Kier alpha value is -2.06. The smallest absolute Gasteiger partial charge is 0.154 e. The topological polar surface area (TPSA) is 46.1 Å². The molecule has 1 aromatic heterocycles. The minimum absolute atomic E-state index is 0.185. The Morgan fingerprint density at radius 1 is 1.53 bits per heavy atom. The molecule has 0 saturated carbocycles. The Bertz CT molecular complexity index is 508. The number of aromatic nitrogens is 1. The summed E-state index contributed by atoms with van der Waals surface area (Å²) in [5, 5.41) is 9.61. The summed E-state index contributed by atoms with van der Waals surface area (Å²) in [6.45, 7) is 6.49. The van der Waals surface area contributed by atoms with Gasteiger partial charge in [-0.3, -0.25) is 0 Å². The summed E-state index contributed by atoms with van der Waals surface area (Å²) in [5.74, 6) is 0.185. The average Bonchev–Trinajstić information content (AvgIpc) is 2.80. The van der Waals surface area contributed by atoms with E-state index in [0.717, 1.165) is 0 Å². The van der Waals surface area contributed by atoms with Crippen molar-refractivity contribution < 1.29 is 4.48 Å². The van der Waals surface area contributed by atoms with Gasteiger partial charge < -0.3 is 9.88 Å². The second kappa shape index (κ2) is 6.76. The number of hydrogen-bond donors (Lipinski definition) is 1. The number of nitrogens with one attached hydrogen (secondary N) is 1. The van der Waals surface area contributed by atoms with E-state index in [0.29, 0.717) is 22.9 Å². The van der Waals surface area contributed by atoms with Crippen LogP contribution in [0.25, 0.3) is 5.57 Å². The van der Waals surface area contributed by atoms with Crippen molar-refractivity contribution in [2.24, 2.45) is 0 Å². The molecule has 0 aliphatic rings. The van der Waals surface area contributed by atoms with Crippen LogP contribution in [0, 0.1) is 11.3 Å². The van der Waals surface area contributed by atoms with Crippen molar-refractivity contribution in [3.8, 4) is 6.07 Å². The molecule has 1 aromatic rings. The molecule has 19 heavy (non-hydrogen) atoms. The van der Waals surface area contributed by atoms with Gasteiger partial charge in [0.1, 0.15) is 6.07 Å². The first kappa shape index (κ1) is 15.0. The highest BCUT2D eigenvalue weighted by molar-refractivity contribution is 5.73. The third-order valence-corrected chi connectivity index (χ3v) is 2.62. The van der Waals surface area contributed by atoms with Crippen LogP contribution < -0.4 is 5.12 Å². The maximum atomic E-state index is 14.0. The van der Waals surface area contributed by atoms with E-state index in [9.17, 15) is 4.48 Å². The molecule has 0 aliphatic heterocycles. The van der Waals surface area contributed by atoms with E-state index >= 15 is 0 Å². The molecule has 0 atom stereocenters. The van der Waals surface area contributed by atoms with E-state index in [4.69, 9.17) is 5.26 Å². The van der Waals surface area contributed by atoms with Crippen LogP contribution in [0.3, 0.4) is 0 Å². The second-order valence-electron chi connectivity index (χ2n) is 4.47. The van der Waals surface area contributed by atoms with Crippen molar-refractivity contribution in [3.63, 3.8) is 0 Å². The number of likely N-dealkylation sites (N-methyl/N-ethyl adjacent to an activating group) is 1. The molecule has 4 nitrogen and oxygen atoms in total. The van der Waals surface area contributed by atoms with Crippen LogP contribution in [-0.2, 0) is 0 Å². The molecule has 0 aromatic carbocycles. The standard InChI is InChI=1S/C14H19FN4/c1-5-6-11(2)13-9-12(10-16)14(17-13)19(15)8-7-18(3)4/h5-6,9,17H,2,7-8H2,1,3-4H3/b6-5-. The fourth-order valence-electron chi connectivity index (χ4n) is 1.58. The quantitative estimate of drug-likeness (QED) is 0.633. The molecule has 1 rings (SSSR count). The normalized spacial score (nSPS) is 10.9. The zero-order chi connectivity index (χ0) is 14.4. The predicted molar refractivity (Wildman–Crippen MR) is 76.4 cm³/mol. The van der Waals surface area contributed by atoms with Crippen LogP contribution in [-0.4, -0.2) is 37.1 Å². The molecule has 5 heteroatoms. The second-order valence-corrected chi connectivity index (χ2v) is 4.47. The van der Waals surface area contributed by atoms with Crippen molar-refractivity contribution in [2.75, 3.05) is 32.3 Å².